The van der Waals surface area contributed by atoms with Crippen molar-refractivity contribution in [2.45, 2.75) is 20.8 Å². The number of benzene rings is 1. The zero-order chi connectivity index (χ0) is 13.7. The normalized spacial score (nSPS) is 11.4. The number of aromatic amines is 1. The van der Waals surface area contributed by atoms with Crippen molar-refractivity contribution in [3.63, 3.8) is 0 Å². The molecule has 0 fully saturated rings. The van der Waals surface area contributed by atoms with Gasteiger partial charge < -0.3 is 9.40 Å². The highest BCUT2D eigenvalue weighted by Gasteiger charge is 2.17. The van der Waals surface area contributed by atoms with Crippen LogP contribution in [0, 0.1) is 32.4 Å². The molecule has 0 saturated carbocycles. The first kappa shape index (κ1) is 11.9. The van der Waals surface area contributed by atoms with Crippen molar-refractivity contribution in [1.29, 1.82) is 0 Å². The lowest BCUT2D eigenvalue weighted by Gasteiger charge is -1.95. The summed E-state index contributed by atoms with van der Waals surface area (Å²) >= 11 is 0. The van der Waals surface area contributed by atoms with E-state index in [-0.39, 0.29) is 0 Å². The standard InChI is InChI=1S/C14H12F2N2O/c1-6-7(2)19-8(3)13(6)14-17-11-4-9(15)10(16)5-12(11)18-14/h4-5H,1-3H3,(H,17,18). The highest BCUT2D eigenvalue weighted by atomic mass is 19.2. The molecular formula is C14H12F2N2O. The lowest BCUT2D eigenvalue weighted by Crippen LogP contribution is -1.83. The van der Waals surface area contributed by atoms with Gasteiger partial charge in [0, 0.05) is 17.7 Å². The molecule has 0 atom stereocenters. The molecule has 0 saturated heterocycles. The number of furan rings is 1. The Morgan fingerprint density at radius 3 is 2.37 bits per heavy atom. The molecule has 0 spiro atoms. The quantitative estimate of drug-likeness (QED) is 0.719. The summed E-state index contributed by atoms with van der Waals surface area (Å²) in [6, 6.07) is 2.20. The molecule has 1 N–H and O–H groups in total. The van der Waals surface area contributed by atoms with Crippen LogP contribution in [0.4, 0.5) is 8.78 Å². The van der Waals surface area contributed by atoms with Gasteiger partial charge in [0.1, 0.15) is 17.3 Å². The number of nitrogens with one attached hydrogen (secondary N) is 1. The summed E-state index contributed by atoms with van der Waals surface area (Å²) in [6.45, 7) is 5.63. The van der Waals surface area contributed by atoms with Crippen LogP contribution in [0.2, 0.25) is 0 Å². The Bertz CT molecular complexity index is 747. The third kappa shape index (κ3) is 1.73. The fourth-order valence-electron chi connectivity index (χ4n) is 2.26. The second-order valence-corrected chi connectivity index (χ2v) is 4.58. The third-order valence-electron chi connectivity index (χ3n) is 3.32. The van der Waals surface area contributed by atoms with E-state index < -0.39 is 11.6 Å². The summed E-state index contributed by atoms with van der Waals surface area (Å²) in [5, 5.41) is 0. The maximum Gasteiger partial charge on any atom is 0.161 e. The molecule has 0 aliphatic carbocycles. The molecule has 2 aromatic heterocycles. The minimum absolute atomic E-state index is 0.395. The van der Waals surface area contributed by atoms with Crippen molar-refractivity contribution >= 4 is 11.0 Å². The van der Waals surface area contributed by atoms with E-state index in [1.807, 2.05) is 20.8 Å². The van der Waals surface area contributed by atoms with Crippen LogP contribution < -0.4 is 0 Å². The number of hydrogen-bond donors (Lipinski definition) is 1. The van der Waals surface area contributed by atoms with Gasteiger partial charge in [-0.3, -0.25) is 0 Å². The molecule has 1 aromatic carbocycles. The monoisotopic (exact) mass is 262 g/mol. The van der Waals surface area contributed by atoms with Crippen molar-refractivity contribution in [1.82, 2.24) is 9.97 Å². The van der Waals surface area contributed by atoms with Crippen LogP contribution in [0.3, 0.4) is 0 Å². The predicted octanol–water partition coefficient (Wildman–Crippen LogP) is 4.03. The summed E-state index contributed by atoms with van der Waals surface area (Å²) in [5.74, 6) is 0.314. The van der Waals surface area contributed by atoms with Gasteiger partial charge in [0.15, 0.2) is 11.6 Å². The molecule has 3 rings (SSSR count). The lowest BCUT2D eigenvalue weighted by atomic mass is 10.1. The molecule has 3 aromatic rings. The van der Waals surface area contributed by atoms with Crippen molar-refractivity contribution in [2.75, 3.05) is 0 Å². The first-order chi connectivity index (χ1) is 8.97. The van der Waals surface area contributed by atoms with Gasteiger partial charge in [0.2, 0.25) is 0 Å². The van der Waals surface area contributed by atoms with E-state index in [9.17, 15) is 8.78 Å². The topological polar surface area (TPSA) is 41.8 Å². The Hall–Kier alpha value is -2.17. The summed E-state index contributed by atoms with van der Waals surface area (Å²) in [7, 11) is 0. The number of hydrogen-bond acceptors (Lipinski definition) is 2. The molecule has 98 valence electrons. The lowest BCUT2D eigenvalue weighted by molar-refractivity contribution is 0.503. The number of nitrogens with zero attached hydrogens (tertiary/aromatic N) is 1. The van der Waals surface area contributed by atoms with E-state index in [2.05, 4.69) is 9.97 Å². The van der Waals surface area contributed by atoms with Crippen LogP contribution in [0.1, 0.15) is 17.1 Å². The number of aryl methyl sites for hydroxylation is 2. The number of halogens is 2. The van der Waals surface area contributed by atoms with Crippen molar-refractivity contribution in [2.24, 2.45) is 0 Å². The predicted molar refractivity (Wildman–Crippen MR) is 67.9 cm³/mol. The molecular weight excluding hydrogens is 250 g/mol. The number of imidazole rings is 1. The number of rotatable bonds is 1. The molecule has 0 radical (unpaired) electrons. The van der Waals surface area contributed by atoms with Gasteiger partial charge in [-0.25, -0.2) is 13.8 Å². The zero-order valence-electron chi connectivity index (χ0n) is 10.8. The molecule has 0 aliphatic rings. The summed E-state index contributed by atoms with van der Waals surface area (Å²) in [5.41, 5.74) is 2.67. The third-order valence-corrected chi connectivity index (χ3v) is 3.32. The van der Waals surface area contributed by atoms with Crippen molar-refractivity contribution < 1.29 is 13.2 Å². The van der Waals surface area contributed by atoms with E-state index in [1.54, 1.807) is 0 Å². The SMILES string of the molecule is Cc1oc(C)c(-c2nc3cc(F)c(F)cc3[nH]2)c1C. The Labute approximate surface area is 108 Å². The van der Waals surface area contributed by atoms with Gasteiger partial charge in [-0.15, -0.1) is 0 Å². The molecule has 0 aliphatic heterocycles. The number of aromatic nitrogens is 2. The zero-order valence-corrected chi connectivity index (χ0v) is 10.8. The first-order valence-electron chi connectivity index (χ1n) is 5.89. The molecule has 0 bridgehead atoms. The minimum atomic E-state index is -0.901. The fraction of sp³-hybridized carbons (Fsp3) is 0.214. The Kier molecular flexibility index (Phi) is 2.45. The largest absolute Gasteiger partial charge is 0.466 e. The van der Waals surface area contributed by atoms with E-state index in [4.69, 9.17) is 4.42 Å². The Morgan fingerprint density at radius 1 is 1.05 bits per heavy atom. The van der Waals surface area contributed by atoms with Crippen molar-refractivity contribution in [3.05, 3.63) is 40.9 Å². The van der Waals surface area contributed by atoms with Gasteiger partial charge in [-0.05, 0) is 20.8 Å². The van der Waals surface area contributed by atoms with Gasteiger partial charge in [0.05, 0.1) is 16.6 Å². The van der Waals surface area contributed by atoms with E-state index in [0.717, 1.165) is 34.8 Å². The van der Waals surface area contributed by atoms with Crippen LogP contribution in [0.5, 0.6) is 0 Å². The highest BCUT2D eigenvalue weighted by molar-refractivity contribution is 5.80. The minimum Gasteiger partial charge on any atom is -0.466 e. The highest BCUT2D eigenvalue weighted by Crippen LogP contribution is 2.31. The molecule has 19 heavy (non-hydrogen) atoms. The van der Waals surface area contributed by atoms with E-state index >= 15 is 0 Å². The van der Waals surface area contributed by atoms with Gasteiger partial charge in [-0.2, -0.15) is 0 Å². The summed E-state index contributed by atoms with van der Waals surface area (Å²) in [4.78, 5) is 7.29. The van der Waals surface area contributed by atoms with Gasteiger partial charge >= 0.3 is 0 Å². The summed E-state index contributed by atoms with van der Waals surface area (Å²) in [6.07, 6.45) is 0. The second kappa shape index (κ2) is 3.91. The summed E-state index contributed by atoms with van der Waals surface area (Å²) < 4.78 is 31.9. The van der Waals surface area contributed by atoms with Crippen LogP contribution in [-0.2, 0) is 0 Å². The average Bonchev–Trinajstić information content (AvgIpc) is 2.82. The molecule has 3 nitrogen and oxygen atoms in total. The molecule has 5 heteroatoms. The smallest absolute Gasteiger partial charge is 0.161 e. The van der Waals surface area contributed by atoms with E-state index in [0.29, 0.717) is 16.9 Å². The van der Waals surface area contributed by atoms with Crippen LogP contribution >= 0.6 is 0 Å². The van der Waals surface area contributed by atoms with Crippen LogP contribution in [-0.4, -0.2) is 9.97 Å². The molecule has 0 unspecified atom stereocenters. The Morgan fingerprint density at radius 2 is 1.74 bits per heavy atom. The van der Waals surface area contributed by atoms with Gasteiger partial charge in [-0.1, -0.05) is 0 Å². The number of fused-ring (bicyclic) bond motifs is 1. The molecule has 0 amide bonds. The average molecular weight is 262 g/mol. The molecule has 2 heterocycles. The van der Waals surface area contributed by atoms with Crippen molar-refractivity contribution in [3.8, 4) is 11.4 Å². The first-order valence-corrected chi connectivity index (χ1v) is 5.89. The second-order valence-electron chi connectivity index (χ2n) is 4.58. The number of H-pyrrole nitrogens is 1. The fourth-order valence-corrected chi connectivity index (χ4v) is 2.26. The van der Waals surface area contributed by atoms with Gasteiger partial charge in [0.25, 0.3) is 0 Å². The maximum atomic E-state index is 13.2. The Balaban J connectivity index is 2.26. The van der Waals surface area contributed by atoms with Crippen LogP contribution in [0.15, 0.2) is 16.5 Å². The van der Waals surface area contributed by atoms with E-state index in [1.165, 1.54) is 0 Å². The maximum absolute atomic E-state index is 13.2. The van der Waals surface area contributed by atoms with Crippen LogP contribution in [0.25, 0.3) is 22.4 Å².